The molecule has 1 heterocycles. The van der Waals surface area contributed by atoms with Crippen molar-refractivity contribution < 1.29 is 19.1 Å². The number of benzene rings is 2. The summed E-state index contributed by atoms with van der Waals surface area (Å²) < 4.78 is 12.1. The summed E-state index contributed by atoms with van der Waals surface area (Å²) in [7, 11) is 1.60. The molecule has 3 rings (SSSR count). The summed E-state index contributed by atoms with van der Waals surface area (Å²) >= 11 is 6.11. The lowest BCUT2D eigenvalue weighted by Gasteiger charge is -2.14. The molecule has 0 radical (unpaired) electrons. The van der Waals surface area contributed by atoms with Crippen LogP contribution in [0, 0.1) is 6.92 Å². The van der Waals surface area contributed by atoms with Crippen LogP contribution >= 0.6 is 11.6 Å². The van der Waals surface area contributed by atoms with Crippen molar-refractivity contribution in [2.24, 2.45) is 0 Å². The SMILES string of the molecule is CCNC(=O)COc1ccc(Cl)cc1CNC(=O)Cn1c(C)cnc(NCc2ccc(OC)cc2)c1=O. The first kappa shape index (κ1) is 27.5. The van der Waals surface area contributed by atoms with Gasteiger partial charge in [-0.2, -0.15) is 0 Å². The normalized spacial score (nSPS) is 10.5. The van der Waals surface area contributed by atoms with Gasteiger partial charge in [0.2, 0.25) is 5.91 Å². The van der Waals surface area contributed by atoms with E-state index in [1.807, 2.05) is 31.2 Å². The lowest BCUT2D eigenvalue weighted by Crippen LogP contribution is -2.34. The Kier molecular flexibility index (Phi) is 9.91. The van der Waals surface area contributed by atoms with Crippen LogP contribution in [-0.2, 0) is 29.2 Å². The van der Waals surface area contributed by atoms with Gasteiger partial charge in [-0.3, -0.25) is 19.0 Å². The van der Waals surface area contributed by atoms with E-state index in [1.54, 1.807) is 32.2 Å². The number of ether oxygens (including phenoxy) is 2. The first-order valence-corrected chi connectivity index (χ1v) is 12.1. The third-order valence-corrected chi connectivity index (χ3v) is 5.64. The van der Waals surface area contributed by atoms with Gasteiger partial charge in [0.15, 0.2) is 12.4 Å². The maximum absolute atomic E-state index is 13.0. The fourth-order valence-electron chi connectivity index (χ4n) is 3.43. The minimum absolute atomic E-state index is 0.103. The zero-order valence-electron chi connectivity index (χ0n) is 21.0. The predicted octanol–water partition coefficient (Wildman–Crippen LogP) is 2.66. The molecule has 0 aliphatic heterocycles. The molecule has 2 aromatic carbocycles. The quantitative estimate of drug-likeness (QED) is 0.331. The molecule has 0 saturated heterocycles. The fraction of sp³-hybridized carbons (Fsp3) is 0.308. The van der Waals surface area contributed by atoms with E-state index in [0.717, 1.165) is 11.3 Å². The molecule has 37 heavy (non-hydrogen) atoms. The van der Waals surface area contributed by atoms with E-state index in [-0.39, 0.29) is 37.3 Å². The Morgan fingerprint density at radius 1 is 1.05 bits per heavy atom. The van der Waals surface area contributed by atoms with Crippen molar-refractivity contribution in [3.8, 4) is 11.5 Å². The smallest absolute Gasteiger partial charge is 0.293 e. The number of likely N-dealkylation sites (N-methyl/N-ethyl adjacent to an activating group) is 1. The molecular weight excluding hydrogens is 498 g/mol. The van der Waals surface area contributed by atoms with Crippen molar-refractivity contribution >= 4 is 29.2 Å². The molecule has 1 aromatic heterocycles. The number of aromatic nitrogens is 2. The topological polar surface area (TPSA) is 124 Å². The summed E-state index contributed by atoms with van der Waals surface area (Å²) in [4.78, 5) is 41.6. The number of carbonyl (C=O) groups excluding carboxylic acids is 2. The number of aryl methyl sites for hydroxylation is 1. The molecule has 10 nitrogen and oxygen atoms in total. The van der Waals surface area contributed by atoms with E-state index in [4.69, 9.17) is 21.1 Å². The van der Waals surface area contributed by atoms with E-state index in [0.29, 0.717) is 35.1 Å². The number of anilines is 1. The lowest BCUT2D eigenvalue weighted by molar-refractivity contribution is -0.123. The molecule has 2 amide bonds. The first-order chi connectivity index (χ1) is 17.8. The van der Waals surface area contributed by atoms with Crippen LogP contribution < -0.4 is 31.0 Å². The predicted molar refractivity (Wildman–Crippen MR) is 141 cm³/mol. The maximum Gasteiger partial charge on any atom is 0.293 e. The molecule has 3 N–H and O–H groups in total. The minimum Gasteiger partial charge on any atom is -0.497 e. The average molecular weight is 528 g/mol. The van der Waals surface area contributed by atoms with Crippen molar-refractivity contribution in [3.05, 3.63) is 80.9 Å². The Labute approximate surface area is 220 Å². The van der Waals surface area contributed by atoms with Gasteiger partial charge in [-0.25, -0.2) is 4.98 Å². The molecule has 11 heteroatoms. The number of hydrogen-bond acceptors (Lipinski definition) is 7. The van der Waals surface area contributed by atoms with Crippen molar-refractivity contribution in [1.29, 1.82) is 0 Å². The third kappa shape index (κ3) is 7.97. The second-order valence-electron chi connectivity index (χ2n) is 8.11. The van der Waals surface area contributed by atoms with Crippen molar-refractivity contribution in [1.82, 2.24) is 20.2 Å². The van der Waals surface area contributed by atoms with Crippen LogP contribution in [0.2, 0.25) is 5.02 Å². The first-order valence-electron chi connectivity index (χ1n) is 11.7. The van der Waals surface area contributed by atoms with E-state index in [2.05, 4.69) is 20.9 Å². The fourth-order valence-corrected chi connectivity index (χ4v) is 3.62. The molecule has 196 valence electrons. The van der Waals surface area contributed by atoms with Gasteiger partial charge in [0, 0.05) is 42.1 Å². The Hall–Kier alpha value is -4.05. The van der Waals surface area contributed by atoms with E-state index < -0.39 is 5.56 Å². The van der Waals surface area contributed by atoms with Crippen LogP contribution in [0.5, 0.6) is 11.5 Å². The van der Waals surface area contributed by atoms with E-state index in [1.165, 1.54) is 10.8 Å². The molecule has 3 aromatic rings. The van der Waals surface area contributed by atoms with Crippen molar-refractivity contribution in [2.75, 3.05) is 25.6 Å². The Morgan fingerprint density at radius 3 is 2.51 bits per heavy atom. The van der Waals surface area contributed by atoms with Crippen LogP contribution in [-0.4, -0.2) is 41.6 Å². The second kappa shape index (κ2) is 13.3. The molecule has 0 aliphatic rings. The molecule has 0 aliphatic carbocycles. The van der Waals surface area contributed by atoms with Gasteiger partial charge in [-0.05, 0) is 49.7 Å². The van der Waals surface area contributed by atoms with Gasteiger partial charge in [0.05, 0.1) is 7.11 Å². The second-order valence-corrected chi connectivity index (χ2v) is 8.55. The standard InChI is InChI=1S/C26H30ClN5O5/c1-4-28-24(34)16-37-22-10-7-20(27)11-19(22)14-29-23(33)15-32-17(2)12-30-25(26(32)35)31-13-18-5-8-21(36-3)9-6-18/h5-12H,4,13-16H2,1-3H3,(H,28,34)(H,29,33)(H,30,31). The van der Waals surface area contributed by atoms with Gasteiger partial charge >= 0.3 is 0 Å². The Morgan fingerprint density at radius 2 is 1.81 bits per heavy atom. The van der Waals surface area contributed by atoms with Crippen LogP contribution in [0.25, 0.3) is 0 Å². The monoisotopic (exact) mass is 527 g/mol. The summed E-state index contributed by atoms with van der Waals surface area (Å²) in [5, 5.41) is 8.93. The molecule has 0 fully saturated rings. The van der Waals surface area contributed by atoms with Gasteiger partial charge in [-0.1, -0.05) is 23.7 Å². The van der Waals surface area contributed by atoms with Gasteiger partial charge < -0.3 is 25.4 Å². The highest BCUT2D eigenvalue weighted by Crippen LogP contribution is 2.23. The number of nitrogens with zero attached hydrogens (tertiary/aromatic N) is 2. The number of nitrogens with one attached hydrogen (secondary N) is 3. The summed E-state index contributed by atoms with van der Waals surface area (Å²) in [5.74, 6) is 0.677. The summed E-state index contributed by atoms with van der Waals surface area (Å²) in [6, 6.07) is 12.4. The molecule has 0 atom stereocenters. The van der Waals surface area contributed by atoms with Gasteiger partial charge in [0.25, 0.3) is 11.5 Å². The van der Waals surface area contributed by atoms with E-state index >= 15 is 0 Å². The zero-order chi connectivity index (χ0) is 26.8. The number of hydrogen-bond donors (Lipinski definition) is 3. The Balaban J connectivity index is 1.63. The number of carbonyl (C=O) groups is 2. The van der Waals surface area contributed by atoms with Crippen molar-refractivity contribution in [2.45, 2.75) is 33.5 Å². The highest BCUT2D eigenvalue weighted by Gasteiger charge is 2.13. The third-order valence-electron chi connectivity index (χ3n) is 5.41. The lowest BCUT2D eigenvalue weighted by atomic mass is 10.2. The average Bonchev–Trinajstić information content (AvgIpc) is 2.89. The molecule has 0 spiro atoms. The van der Waals surface area contributed by atoms with E-state index in [9.17, 15) is 14.4 Å². The number of methoxy groups -OCH3 is 1. The molecular formula is C26H30ClN5O5. The van der Waals surface area contributed by atoms with Gasteiger partial charge in [-0.15, -0.1) is 0 Å². The molecule has 0 saturated carbocycles. The van der Waals surface area contributed by atoms with Crippen LogP contribution in [0.3, 0.4) is 0 Å². The zero-order valence-corrected chi connectivity index (χ0v) is 21.7. The summed E-state index contributed by atoms with van der Waals surface area (Å²) in [5.41, 5.74) is 1.69. The highest BCUT2D eigenvalue weighted by molar-refractivity contribution is 6.30. The van der Waals surface area contributed by atoms with Crippen LogP contribution in [0.15, 0.2) is 53.5 Å². The Bertz CT molecular complexity index is 1290. The highest BCUT2D eigenvalue weighted by atomic mass is 35.5. The number of rotatable bonds is 12. The van der Waals surface area contributed by atoms with Crippen molar-refractivity contribution in [3.63, 3.8) is 0 Å². The van der Waals surface area contributed by atoms with Crippen LogP contribution in [0.1, 0.15) is 23.7 Å². The summed E-state index contributed by atoms with van der Waals surface area (Å²) in [6.45, 7) is 4.16. The minimum atomic E-state index is -0.405. The van der Waals surface area contributed by atoms with Crippen LogP contribution in [0.4, 0.5) is 5.82 Å². The number of amides is 2. The number of halogens is 1. The molecule has 0 unspecified atom stereocenters. The summed E-state index contributed by atoms with van der Waals surface area (Å²) in [6.07, 6.45) is 1.54. The maximum atomic E-state index is 13.0. The largest absolute Gasteiger partial charge is 0.497 e. The van der Waals surface area contributed by atoms with Gasteiger partial charge in [0.1, 0.15) is 18.0 Å². The molecule has 0 bridgehead atoms.